The van der Waals surface area contributed by atoms with Crippen molar-refractivity contribution in [1.29, 1.82) is 0 Å². The zero-order valence-corrected chi connectivity index (χ0v) is 17.8. The second-order valence-electron chi connectivity index (χ2n) is 7.38. The number of ether oxygens (including phenoxy) is 1. The highest BCUT2D eigenvalue weighted by atomic mass is 32.1. The molecule has 2 aromatic heterocycles. The minimum absolute atomic E-state index is 0.0486. The molecular weight excluding hydrogens is 398 g/mol. The first kappa shape index (κ1) is 20.3. The number of carbonyl (C=O) groups excluding carboxylic acids is 1. The van der Waals surface area contributed by atoms with Gasteiger partial charge in [0, 0.05) is 23.6 Å². The van der Waals surface area contributed by atoms with Gasteiger partial charge in [-0.25, -0.2) is 4.98 Å². The largest absolute Gasteiger partial charge is 0.494 e. The number of nitrogens with zero attached hydrogens (tertiary/aromatic N) is 2. The number of amides is 1. The highest BCUT2D eigenvalue weighted by Gasteiger charge is 2.30. The fourth-order valence-corrected chi connectivity index (χ4v) is 4.50. The fraction of sp³-hybridized carbons (Fsp3) is 0.348. The van der Waals surface area contributed by atoms with Gasteiger partial charge >= 0.3 is 0 Å². The molecule has 1 amide bonds. The van der Waals surface area contributed by atoms with E-state index in [0.29, 0.717) is 31.1 Å². The van der Waals surface area contributed by atoms with E-state index in [1.165, 1.54) is 6.07 Å². The fourth-order valence-electron chi connectivity index (χ4n) is 3.85. The van der Waals surface area contributed by atoms with Crippen molar-refractivity contribution in [1.82, 2.24) is 14.9 Å². The lowest BCUT2D eigenvalue weighted by atomic mass is 9.99. The van der Waals surface area contributed by atoms with Gasteiger partial charge in [0.1, 0.15) is 11.6 Å². The van der Waals surface area contributed by atoms with Crippen LogP contribution in [0.25, 0.3) is 11.3 Å². The Morgan fingerprint density at radius 2 is 2.10 bits per heavy atom. The first-order chi connectivity index (χ1) is 14.6. The zero-order valence-electron chi connectivity index (χ0n) is 17.0. The van der Waals surface area contributed by atoms with Crippen molar-refractivity contribution in [2.45, 2.75) is 38.6 Å². The van der Waals surface area contributed by atoms with E-state index in [9.17, 15) is 9.59 Å². The molecule has 7 heteroatoms. The van der Waals surface area contributed by atoms with Crippen molar-refractivity contribution in [3.05, 3.63) is 68.9 Å². The molecule has 1 aliphatic heterocycles. The number of benzene rings is 1. The molecule has 1 fully saturated rings. The summed E-state index contributed by atoms with van der Waals surface area (Å²) in [6, 6.07) is 10.9. The third-order valence-electron chi connectivity index (χ3n) is 5.31. The Morgan fingerprint density at radius 1 is 1.27 bits per heavy atom. The predicted molar refractivity (Wildman–Crippen MR) is 118 cm³/mol. The van der Waals surface area contributed by atoms with Crippen LogP contribution in [-0.2, 0) is 11.2 Å². The maximum absolute atomic E-state index is 13.1. The van der Waals surface area contributed by atoms with Crippen molar-refractivity contribution in [3.63, 3.8) is 0 Å². The molecule has 0 bridgehead atoms. The molecule has 1 aromatic carbocycles. The number of thiophene rings is 1. The number of aromatic nitrogens is 2. The quantitative estimate of drug-likeness (QED) is 0.645. The van der Waals surface area contributed by atoms with Crippen LogP contribution in [0.3, 0.4) is 0 Å². The standard InChI is InChI=1S/C23H25N3O3S/c1-2-29-18-8-6-16(7-9-18)13-22(28)26-11-4-3-5-20(26)23-24-19(14-21(27)25-23)17-10-12-30-15-17/h6-10,12,14-15,20H,2-5,11,13H2,1H3,(H,24,25,27)/t20-/m0/s1. The maximum atomic E-state index is 13.1. The number of piperidine rings is 1. The van der Waals surface area contributed by atoms with Crippen LogP contribution in [0.1, 0.15) is 43.6 Å². The summed E-state index contributed by atoms with van der Waals surface area (Å²) in [5, 5.41) is 3.94. The Bertz CT molecular complexity index is 1040. The molecule has 6 nitrogen and oxygen atoms in total. The van der Waals surface area contributed by atoms with Gasteiger partial charge in [-0.15, -0.1) is 0 Å². The van der Waals surface area contributed by atoms with Crippen LogP contribution in [0.4, 0.5) is 0 Å². The summed E-state index contributed by atoms with van der Waals surface area (Å²) in [5.41, 5.74) is 2.34. The van der Waals surface area contributed by atoms with Gasteiger partial charge in [0.25, 0.3) is 5.56 Å². The first-order valence-corrected chi connectivity index (χ1v) is 11.2. The molecule has 1 aliphatic rings. The van der Waals surface area contributed by atoms with Crippen LogP contribution in [0.5, 0.6) is 5.75 Å². The van der Waals surface area contributed by atoms with Crippen LogP contribution in [-0.4, -0.2) is 33.9 Å². The molecule has 156 valence electrons. The van der Waals surface area contributed by atoms with E-state index in [4.69, 9.17) is 9.72 Å². The van der Waals surface area contributed by atoms with Gasteiger partial charge in [-0.2, -0.15) is 11.3 Å². The predicted octanol–water partition coefficient (Wildman–Crippen LogP) is 4.19. The lowest BCUT2D eigenvalue weighted by Crippen LogP contribution is -2.40. The Hall–Kier alpha value is -2.93. The molecule has 1 atom stereocenters. The van der Waals surface area contributed by atoms with Gasteiger partial charge in [0.05, 0.1) is 24.8 Å². The van der Waals surface area contributed by atoms with Crippen LogP contribution in [0.15, 0.2) is 52.0 Å². The number of hydrogen-bond acceptors (Lipinski definition) is 5. The molecule has 30 heavy (non-hydrogen) atoms. The SMILES string of the molecule is CCOc1ccc(CC(=O)N2CCCC[C@H]2c2nc(-c3ccsc3)cc(=O)[nH]2)cc1. The smallest absolute Gasteiger partial charge is 0.251 e. The van der Waals surface area contributed by atoms with Gasteiger partial charge in [-0.3, -0.25) is 9.59 Å². The molecule has 3 heterocycles. The molecule has 1 N–H and O–H groups in total. The summed E-state index contributed by atoms with van der Waals surface area (Å²) >= 11 is 1.57. The Kier molecular flexibility index (Phi) is 6.28. The topological polar surface area (TPSA) is 75.3 Å². The third kappa shape index (κ3) is 4.62. The molecule has 4 rings (SSSR count). The molecular formula is C23H25N3O3S. The molecule has 0 spiro atoms. The Labute approximate surface area is 179 Å². The first-order valence-electron chi connectivity index (χ1n) is 10.3. The molecule has 0 saturated carbocycles. The van der Waals surface area contributed by atoms with Crippen molar-refractivity contribution in [3.8, 4) is 17.0 Å². The molecule has 0 unspecified atom stereocenters. The monoisotopic (exact) mass is 423 g/mol. The summed E-state index contributed by atoms with van der Waals surface area (Å²) in [4.78, 5) is 34.9. The number of rotatable bonds is 6. The number of hydrogen-bond donors (Lipinski definition) is 1. The van der Waals surface area contributed by atoms with Gasteiger partial charge in [-0.05, 0) is 55.3 Å². The zero-order chi connectivity index (χ0) is 20.9. The summed E-state index contributed by atoms with van der Waals surface area (Å²) in [5.74, 6) is 1.42. The van der Waals surface area contributed by atoms with Crippen molar-refractivity contribution < 1.29 is 9.53 Å². The third-order valence-corrected chi connectivity index (χ3v) is 5.99. The molecule has 1 saturated heterocycles. The lowest BCUT2D eigenvalue weighted by Gasteiger charge is -2.35. The number of aromatic amines is 1. The summed E-state index contributed by atoms with van der Waals surface area (Å²) < 4.78 is 5.47. The average Bonchev–Trinajstić information content (AvgIpc) is 3.30. The summed E-state index contributed by atoms with van der Waals surface area (Å²) in [6.07, 6.45) is 3.08. The van der Waals surface area contributed by atoms with Crippen LogP contribution in [0.2, 0.25) is 0 Å². The molecule has 0 radical (unpaired) electrons. The molecule has 0 aliphatic carbocycles. The lowest BCUT2D eigenvalue weighted by molar-refractivity contribution is -0.134. The Balaban J connectivity index is 1.55. The van der Waals surface area contributed by atoms with Crippen molar-refractivity contribution in [2.24, 2.45) is 0 Å². The van der Waals surface area contributed by atoms with E-state index < -0.39 is 0 Å². The van der Waals surface area contributed by atoms with Crippen LogP contribution < -0.4 is 10.3 Å². The molecule has 3 aromatic rings. The van der Waals surface area contributed by atoms with Crippen LogP contribution in [0, 0.1) is 0 Å². The Morgan fingerprint density at radius 3 is 2.83 bits per heavy atom. The average molecular weight is 424 g/mol. The minimum atomic E-state index is -0.208. The number of carbonyl (C=O) groups is 1. The van der Waals surface area contributed by atoms with E-state index in [1.807, 2.05) is 52.9 Å². The van der Waals surface area contributed by atoms with E-state index in [1.54, 1.807) is 11.3 Å². The van der Waals surface area contributed by atoms with E-state index >= 15 is 0 Å². The van der Waals surface area contributed by atoms with Crippen molar-refractivity contribution >= 4 is 17.2 Å². The van der Waals surface area contributed by atoms with Gasteiger partial charge < -0.3 is 14.6 Å². The van der Waals surface area contributed by atoms with Gasteiger partial charge in [0.2, 0.25) is 5.91 Å². The summed E-state index contributed by atoms with van der Waals surface area (Å²) in [7, 11) is 0. The number of nitrogens with one attached hydrogen (secondary N) is 1. The highest BCUT2D eigenvalue weighted by Crippen LogP contribution is 2.30. The second kappa shape index (κ2) is 9.26. The van der Waals surface area contributed by atoms with E-state index in [-0.39, 0.29) is 17.5 Å². The second-order valence-corrected chi connectivity index (χ2v) is 8.16. The van der Waals surface area contributed by atoms with Crippen LogP contribution >= 0.6 is 11.3 Å². The maximum Gasteiger partial charge on any atom is 0.251 e. The number of H-pyrrole nitrogens is 1. The van der Waals surface area contributed by atoms with Gasteiger partial charge in [-0.1, -0.05) is 12.1 Å². The van der Waals surface area contributed by atoms with E-state index in [2.05, 4.69) is 4.98 Å². The van der Waals surface area contributed by atoms with E-state index in [0.717, 1.165) is 36.1 Å². The minimum Gasteiger partial charge on any atom is -0.494 e. The van der Waals surface area contributed by atoms with Gasteiger partial charge in [0.15, 0.2) is 0 Å². The van der Waals surface area contributed by atoms with Crippen molar-refractivity contribution in [2.75, 3.05) is 13.2 Å². The number of likely N-dealkylation sites (tertiary alicyclic amines) is 1. The highest BCUT2D eigenvalue weighted by molar-refractivity contribution is 7.08. The summed E-state index contributed by atoms with van der Waals surface area (Å²) in [6.45, 7) is 3.23. The normalized spacial score (nSPS) is 16.4.